The maximum Gasteiger partial charge on any atom is 0.359 e. The van der Waals surface area contributed by atoms with E-state index in [0.717, 1.165) is 109 Å². The molecule has 1 saturated heterocycles. The third-order valence-electron chi connectivity index (χ3n) is 13.0. The molecule has 4 aromatic carbocycles. The van der Waals surface area contributed by atoms with Gasteiger partial charge in [-0.25, -0.2) is 15.0 Å². The van der Waals surface area contributed by atoms with Gasteiger partial charge in [-0.2, -0.15) is 5.10 Å². The average Bonchev–Trinajstić information content (AvgIpc) is 3.43. The van der Waals surface area contributed by atoms with Crippen LogP contribution in [0.1, 0.15) is 70.1 Å². The number of likely N-dealkylation sites (N-methyl/N-ethyl adjacent to an activating group) is 1. The molecular formula is C59H80N8O7. The maximum absolute atomic E-state index is 13.8. The van der Waals surface area contributed by atoms with E-state index in [2.05, 4.69) is 95.2 Å². The minimum absolute atomic E-state index is 0.100. The van der Waals surface area contributed by atoms with Gasteiger partial charge in [0.1, 0.15) is 11.5 Å². The van der Waals surface area contributed by atoms with Crippen LogP contribution in [-0.4, -0.2) is 118 Å². The number of ether oxygens (including phenoxy) is 5. The quantitative estimate of drug-likeness (QED) is 0.0156. The van der Waals surface area contributed by atoms with Gasteiger partial charge in [-0.3, -0.25) is 5.01 Å². The first kappa shape index (κ1) is 57.7. The number of nitrogens with one attached hydrogen (secondary N) is 3. The number of morpholine rings is 1. The normalized spacial score (nSPS) is 13.5. The lowest BCUT2D eigenvalue weighted by Crippen LogP contribution is -2.57. The van der Waals surface area contributed by atoms with Crippen LogP contribution in [0.3, 0.4) is 0 Å². The molecular weight excluding hydrogens is 933 g/mol. The zero-order chi connectivity index (χ0) is 53.6. The number of carbonyl (C=O) groups excluding carboxylic acids is 2. The van der Waals surface area contributed by atoms with Crippen LogP contribution in [-0.2, 0) is 30.2 Å². The number of methoxy groups -OCH3 is 2. The number of hydrogen-bond donors (Lipinski definition) is 3. The van der Waals surface area contributed by atoms with Crippen molar-refractivity contribution in [1.82, 2.24) is 5.43 Å². The van der Waals surface area contributed by atoms with Gasteiger partial charge in [-0.15, -0.1) is 0 Å². The van der Waals surface area contributed by atoms with Gasteiger partial charge in [-0.1, -0.05) is 88.4 Å². The van der Waals surface area contributed by atoms with E-state index in [1.165, 1.54) is 14.2 Å². The topological polar surface area (TPSA) is 142 Å². The Morgan fingerprint density at radius 2 is 1.43 bits per heavy atom. The summed E-state index contributed by atoms with van der Waals surface area (Å²) in [5.74, 6) is 0.327. The van der Waals surface area contributed by atoms with Crippen molar-refractivity contribution in [1.29, 1.82) is 0 Å². The Labute approximate surface area is 440 Å². The number of anilines is 6. The molecule has 1 aliphatic heterocycles. The molecule has 0 amide bonds. The summed E-state index contributed by atoms with van der Waals surface area (Å²) in [7, 11) is 10.1. The molecule has 74 heavy (non-hydrogen) atoms. The lowest BCUT2D eigenvalue weighted by atomic mass is 9.92. The van der Waals surface area contributed by atoms with Crippen LogP contribution in [0.15, 0.2) is 120 Å². The highest BCUT2D eigenvalue weighted by Gasteiger charge is 2.38. The molecule has 1 heterocycles. The van der Waals surface area contributed by atoms with E-state index in [4.69, 9.17) is 23.7 Å². The third kappa shape index (κ3) is 15.4. The summed E-state index contributed by atoms with van der Waals surface area (Å²) in [4.78, 5) is 31.3. The second-order valence-corrected chi connectivity index (χ2v) is 18.1. The number of hydrazone groups is 1. The summed E-state index contributed by atoms with van der Waals surface area (Å²) in [5, 5.41) is 14.6. The van der Waals surface area contributed by atoms with Crippen LogP contribution in [0.2, 0.25) is 0 Å². The number of benzene rings is 4. The number of hydrazine groups is 1. The Bertz CT molecular complexity index is 2590. The third-order valence-corrected chi connectivity index (χ3v) is 13.0. The minimum Gasteiger partial charge on any atom is -0.491 e. The van der Waals surface area contributed by atoms with E-state index in [9.17, 15) is 9.59 Å². The highest BCUT2D eigenvalue weighted by atomic mass is 16.5. The minimum atomic E-state index is -1.38. The van der Waals surface area contributed by atoms with Gasteiger partial charge in [0.2, 0.25) is 0 Å². The molecule has 4 aromatic rings. The zero-order valence-electron chi connectivity index (χ0n) is 45.5. The molecule has 1 unspecified atom stereocenters. The standard InChI is InChI=1S/C59H80N8O7/c1-13-16-36-73-54-42-53(67-34-38-72-39-35-67)55(74-37-17-14-2)41-52(54)65(10)63-59(6,58(69)71-12)44(5)23-26-47-40-45(24-31-51(47)61-8)32-33-66(15-3)49-29-27-48(28-30-49)64(9)62-56(57(68)70-11)43(4)22-25-46-20-18-19-21-50(46)60-7/h18-31,40-42,60-61,63H,4-5,13-17,32-39H2,1-3,6-12H3/b25-22-,26-23-,62-56-. The monoisotopic (exact) mass is 1010 g/mol. The number of allylic oxidation sites excluding steroid dienone is 1. The van der Waals surface area contributed by atoms with Crippen LogP contribution in [0.5, 0.6) is 11.5 Å². The first-order valence-corrected chi connectivity index (χ1v) is 25.7. The van der Waals surface area contributed by atoms with Gasteiger partial charge in [0.05, 0.1) is 57.7 Å². The fraction of sp³-hybridized carbons (Fsp3) is 0.407. The fourth-order valence-electron chi connectivity index (χ4n) is 8.37. The van der Waals surface area contributed by atoms with E-state index in [-0.39, 0.29) is 5.71 Å². The Hall–Kier alpha value is -7.23. The van der Waals surface area contributed by atoms with E-state index < -0.39 is 17.5 Å². The van der Waals surface area contributed by atoms with Crippen LogP contribution in [0.4, 0.5) is 34.1 Å². The summed E-state index contributed by atoms with van der Waals surface area (Å²) in [5.41, 5.74) is 11.5. The second-order valence-electron chi connectivity index (χ2n) is 18.1. The first-order chi connectivity index (χ1) is 35.7. The number of esters is 2. The van der Waals surface area contributed by atoms with E-state index in [1.54, 1.807) is 30.1 Å². The van der Waals surface area contributed by atoms with Gasteiger partial charge < -0.3 is 49.1 Å². The highest BCUT2D eigenvalue weighted by Crippen LogP contribution is 2.41. The van der Waals surface area contributed by atoms with Crippen molar-refractivity contribution in [2.75, 3.05) is 125 Å². The molecule has 1 atom stereocenters. The number of para-hydroxylation sites is 1. The van der Waals surface area contributed by atoms with Crippen molar-refractivity contribution in [3.05, 3.63) is 132 Å². The van der Waals surface area contributed by atoms with Gasteiger partial charge in [0, 0.05) is 89.1 Å². The molecule has 1 aliphatic rings. The largest absolute Gasteiger partial charge is 0.491 e. The molecule has 15 nitrogen and oxygen atoms in total. The molecule has 3 N–H and O–H groups in total. The summed E-state index contributed by atoms with van der Waals surface area (Å²) in [6.07, 6.45) is 12.1. The van der Waals surface area contributed by atoms with Crippen molar-refractivity contribution >= 4 is 63.9 Å². The van der Waals surface area contributed by atoms with Gasteiger partial charge in [-0.05, 0) is 97.8 Å². The van der Waals surface area contributed by atoms with Crippen molar-refractivity contribution in [2.45, 2.75) is 65.3 Å². The summed E-state index contributed by atoms with van der Waals surface area (Å²) >= 11 is 0. The first-order valence-electron chi connectivity index (χ1n) is 25.7. The number of rotatable bonds is 29. The van der Waals surface area contributed by atoms with Crippen molar-refractivity contribution in [3.8, 4) is 11.5 Å². The highest BCUT2D eigenvalue weighted by molar-refractivity contribution is 6.44. The molecule has 5 rings (SSSR count). The van der Waals surface area contributed by atoms with E-state index in [1.807, 2.05) is 87.9 Å². The van der Waals surface area contributed by atoms with Crippen LogP contribution < -0.4 is 45.4 Å². The van der Waals surface area contributed by atoms with Crippen LogP contribution in [0, 0.1) is 0 Å². The van der Waals surface area contributed by atoms with Crippen LogP contribution in [0.25, 0.3) is 12.2 Å². The Morgan fingerprint density at radius 3 is 2.07 bits per heavy atom. The maximum atomic E-state index is 13.8. The average molecular weight is 1010 g/mol. The molecule has 0 spiro atoms. The van der Waals surface area contributed by atoms with E-state index in [0.29, 0.717) is 49.0 Å². The fourth-order valence-corrected chi connectivity index (χ4v) is 8.37. The lowest BCUT2D eigenvalue weighted by molar-refractivity contribution is -0.146. The van der Waals surface area contributed by atoms with Crippen molar-refractivity contribution in [2.24, 2.45) is 5.10 Å². The summed E-state index contributed by atoms with van der Waals surface area (Å²) in [6.45, 7) is 22.1. The number of nitrogens with zero attached hydrogens (tertiary/aromatic N) is 5. The molecule has 0 aromatic heterocycles. The van der Waals surface area contributed by atoms with E-state index >= 15 is 0 Å². The smallest absolute Gasteiger partial charge is 0.359 e. The summed E-state index contributed by atoms with van der Waals surface area (Å²) < 4.78 is 29.1. The number of carbonyl (C=O) groups is 2. The molecule has 0 aliphatic carbocycles. The molecule has 398 valence electrons. The predicted octanol–water partition coefficient (Wildman–Crippen LogP) is 10.4. The molecule has 0 saturated carbocycles. The Balaban J connectivity index is 1.32. The predicted molar refractivity (Wildman–Crippen MR) is 306 cm³/mol. The summed E-state index contributed by atoms with van der Waals surface area (Å²) in [6, 6.07) is 26.3. The van der Waals surface area contributed by atoms with Gasteiger partial charge in [0.15, 0.2) is 11.3 Å². The zero-order valence-corrected chi connectivity index (χ0v) is 45.5. The van der Waals surface area contributed by atoms with Crippen molar-refractivity contribution < 1.29 is 33.3 Å². The Morgan fingerprint density at radius 1 is 0.797 bits per heavy atom. The number of hydrogen-bond acceptors (Lipinski definition) is 15. The Kier molecular flexibility index (Phi) is 22.5. The van der Waals surface area contributed by atoms with Crippen molar-refractivity contribution in [3.63, 3.8) is 0 Å². The van der Waals surface area contributed by atoms with Crippen LogP contribution >= 0.6 is 0 Å². The second kappa shape index (κ2) is 28.9. The molecule has 0 radical (unpaired) electrons. The van der Waals surface area contributed by atoms with Gasteiger partial charge in [0.25, 0.3) is 0 Å². The SMILES string of the molecule is C=C(/C=C\c1ccccc1NC)/C(=N/N(C)c1ccc(N(CC)CCc2ccc(NC)c(/C=C\C(=C)C(C)(NN(C)c3cc(OCCCC)c(N4CCOCC4)cc3OCCCC)C(=O)OC)c2)cc1)C(=O)OC. The van der Waals surface area contributed by atoms with Gasteiger partial charge >= 0.3 is 11.9 Å². The molecule has 15 heteroatoms. The number of unbranched alkanes of at least 4 members (excludes halogenated alkanes) is 2. The molecule has 0 bridgehead atoms. The lowest BCUT2D eigenvalue weighted by Gasteiger charge is -2.36. The molecule has 1 fully saturated rings.